The average molecular weight is 240 g/mol. The second kappa shape index (κ2) is 5.83. The molecule has 0 aliphatic carbocycles. The number of hydrogen-bond acceptors (Lipinski definition) is 3. The highest BCUT2D eigenvalue weighted by Gasteiger charge is 2.39. The van der Waals surface area contributed by atoms with Gasteiger partial charge in [0.2, 0.25) is 0 Å². The largest absolute Gasteiger partial charge is 0.472 e. The van der Waals surface area contributed by atoms with Crippen molar-refractivity contribution >= 4 is 11.7 Å². The van der Waals surface area contributed by atoms with Gasteiger partial charge in [0.15, 0.2) is 0 Å². The van der Waals surface area contributed by atoms with Crippen LogP contribution in [-0.4, -0.2) is 36.0 Å². The van der Waals surface area contributed by atoms with E-state index < -0.39 is 12.1 Å². The number of Topliss-reactive ketones (excluding diaryl/α,β-unsaturated/α-hetero) is 1. The van der Waals surface area contributed by atoms with Crippen molar-refractivity contribution in [2.45, 2.75) is 26.9 Å². The maximum Gasteiger partial charge on any atom is 0.472 e. The summed E-state index contributed by atoms with van der Waals surface area (Å²) >= 11 is 0. The maximum absolute atomic E-state index is 12.0. The number of nitrogens with one attached hydrogen (secondary N) is 1. The molecule has 0 aliphatic heterocycles. The molecule has 0 aromatic carbocycles. The summed E-state index contributed by atoms with van der Waals surface area (Å²) in [6.07, 6.45) is -4.94. The molecule has 0 radical (unpaired) electrons. The van der Waals surface area contributed by atoms with Gasteiger partial charge in [0.05, 0.1) is 6.54 Å². The van der Waals surface area contributed by atoms with Gasteiger partial charge in [0.1, 0.15) is 5.78 Å². The van der Waals surface area contributed by atoms with Gasteiger partial charge in [0.25, 0.3) is 0 Å². The first-order chi connectivity index (χ1) is 7.12. The topological polar surface area (TPSA) is 49.4 Å². The van der Waals surface area contributed by atoms with E-state index in [2.05, 4.69) is 0 Å². The Morgan fingerprint density at radius 2 is 1.81 bits per heavy atom. The van der Waals surface area contributed by atoms with E-state index in [1.165, 1.54) is 6.92 Å². The van der Waals surface area contributed by atoms with Gasteiger partial charge in [-0.3, -0.25) is 15.0 Å². The number of ketones is 1. The third kappa shape index (κ3) is 6.39. The average Bonchev–Trinajstić information content (AvgIpc) is 1.98. The highest BCUT2D eigenvalue weighted by Crippen LogP contribution is 2.14. The van der Waals surface area contributed by atoms with Gasteiger partial charge in [-0.2, -0.15) is 13.2 Å². The Kier molecular flexibility index (Phi) is 5.43. The van der Waals surface area contributed by atoms with Crippen LogP contribution in [0.15, 0.2) is 0 Å². The van der Waals surface area contributed by atoms with Crippen molar-refractivity contribution in [2.75, 3.05) is 13.1 Å². The van der Waals surface area contributed by atoms with E-state index in [4.69, 9.17) is 0 Å². The van der Waals surface area contributed by atoms with Crippen molar-refractivity contribution in [3.63, 3.8) is 0 Å². The highest BCUT2D eigenvalue weighted by molar-refractivity contribution is 5.82. The predicted octanol–water partition coefficient (Wildman–Crippen LogP) is 1.13. The summed E-state index contributed by atoms with van der Waals surface area (Å²) in [6, 6.07) is 0. The summed E-state index contributed by atoms with van der Waals surface area (Å²) in [5.74, 6) is -2.34. The molecule has 0 fully saturated rings. The van der Waals surface area contributed by atoms with Crippen LogP contribution in [0.5, 0.6) is 0 Å². The lowest BCUT2D eigenvalue weighted by Gasteiger charge is -2.24. The third-order valence-corrected chi connectivity index (χ3v) is 1.52. The lowest BCUT2D eigenvalue weighted by atomic mass is 10.2. The van der Waals surface area contributed by atoms with E-state index in [9.17, 15) is 22.8 Å². The second-order valence-electron chi connectivity index (χ2n) is 3.92. The number of halogens is 3. The fraction of sp³-hybridized carbons (Fsp3) is 0.778. The normalized spacial score (nSPS) is 12.0. The van der Waals surface area contributed by atoms with Crippen molar-refractivity contribution in [3.8, 4) is 0 Å². The molecule has 0 atom stereocenters. The Morgan fingerprint density at radius 3 is 2.12 bits per heavy atom. The highest BCUT2D eigenvalue weighted by atomic mass is 19.4. The van der Waals surface area contributed by atoms with Gasteiger partial charge in [-0.25, -0.2) is 5.01 Å². The lowest BCUT2D eigenvalue weighted by molar-refractivity contribution is -0.179. The summed E-state index contributed by atoms with van der Waals surface area (Å²) in [7, 11) is 0. The summed E-state index contributed by atoms with van der Waals surface area (Å²) in [6.45, 7) is 4.73. The van der Waals surface area contributed by atoms with Crippen LogP contribution in [0.1, 0.15) is 20.8 Å². The van der Waals surface area contributed by atoms with Crippen molar-refractivity contribution < 1.29 is 22.8 Å². The van der Waals surface area contributed by atoms with Crippen molar-refractivity contribution in [3.05, 3.63) is 0 Å². The monoisotopic (exact) mass is 240 g/mol. The van der Waals surface area contributed by atoms with Crippen LogP contribution in [0.2, 0.25) is 0 Å². The standard InChI is InChI=1S/C9H15F3N2O2/c1-6(2)4-14(5-7(3)15)13-8(16)9(10,11)12/h6H,4-5H2,1-3H3,(H,13,16). The van der Waals surface area contributed by atoms with Crippen molar-refractivity contribution in [1.29, 1.82) is 0 Å². The molecule has 16 heavy (non-hydrogen) atoms. The molecular formula is C9H15F3N2O2. The lowest BCUT2D eigenvalue weighted by Crippen LogP contribution is -2.50. The minimum absolute atomic E-state index is 0.0351. The molecule has 0 aliphatic rings. The number of nitrogens with zero attached hydrogens (tertiary/aromatic N) is 1. The number of hydrogen-bond donors (Lipinski definition) is 1. The Morgan fingerprint density at radius 1 is 1.31 bits per heavy atom. The van der Waals surface area contributed by atoms with E-state index >= 15 is 0 Å². The smallest absolute Gasteiger partial charge is 0.298 e. The van der Waals surface area contributed by atoms with Crippen LogP contribution in [0.3, 0.4) is 0 Å². The quantitative estimate of drug-likeness (QED) is 0.733. The summed E-state index contributed by atoms with van der Waals surface area (Å²) in [5.41, 5.74) is 1.67. The number of hydrazine groups is 1. The van der Waals surface area contributed by atoms with Gasteiger partial charge in [-0.15, -0.1) is 0 Å². The first kappa shape index (κ1) is 14.9. The minimum Gasteiger partial charge on any atom is -0.298 e. The molecule has 0 aromatic heterocycles. The number of carbonyl (C=O) groups is 2. The fourth-order valence-electron chi connectivity index (χ4n) is 1.07. The molecule has 7 heteroatoms. The van der Waals surface area contributed by atoms with Gasteiger partial charge < -0.3 is 0 Å². The van der Waals surface area contributed by atoms with Crippen molar-refractivity contribution in [1.82, 2.24) is 10.4 Å². The molecular weight excluding hydrogens is 225 g/mol. The summed E-state index contributed by atoms with van der Waals surface area (Å²) < 4.78 is 35.9. The van der Waals surface area contributed by atoms with Crippen LogP contribution < -0.4 is 5.43 Å². The molecule has 0 heterocycles. The molecule has 0 aromatic rings. The first-order valence-electron chi connectivity index (χ1n) is 4.75. The van der Waals surface area contributed by atoms with Crippen LogP contribution in [0.25, 0.3) is 0 Å². The Bertz CT molecular complexity index is 264. The maximum atomic E-state index is 12.0. The zero-order valence-electron chi connectivity index (χ0n) is 9.39. The number of amides is 1. The molecule has 0 rings (SSSR count). The number of carbonyl (C=O) groups excluding carboxylic acids is 2. The SMILES string of the molecule is CC(=O)CN(CC(C)C)NC(=O)C(F)(F)F. The van der Waals surface area contributed by atoms with Gasteiger partial charge in [-0.05, 0) is 12.8 Å². The van der Waals surface area contributed by atoms with Crippen LogP contribution in [0.4, 0.5) is 13.2 Å². The molecule has 0 saturated carbocycles. The number of rotatable bonds is 5. The van der Waals surface area contributed by atoms with E-state index in [-0.39, 0.29) is 24.8 Å². The molecule has 1 amide bonds. The van der Waals surface area contributed by atoms with Crippen molar-refractivity contribution in [2.24, 2.45) is 5.92 Å². The molecule has 0 saturated heterocycles. The Balaban J connectivity index is 4.42. The molecule has 4 nitrogen and oxygen atoms in total. The van der Waals surface area contributed by atoms with Crippen LogP contribution >= 0.6 is 0 Å². The fourth-order valence-corrected chi connectivity index (χ4v) is 1.07. The molecule has 0 unspecified atom stereocenters. The summed E-state index contributed by atoms with van der Waals surface area (Å²) in [4.78, 5) is 21.4. The molecule has 94 valence electrons. The third-order valence-electron chi connectivity index (χ3n) is 1.52. The predicted molar refractivity (Wildman–Crippen MR) is 51.3 cm³/mol. The molecule has 0 bridgehead atoms. The van der Waals surface area contributed by atoms with Gasteiger partial charge in [0, 0.05) is 6.54 Å². The van der Waals surface area contributed by atoms with Gasteiger partial charge >= 0.3 is 12.1 Å². The molecule has 0 spiro atoms. The second-order valence-corrected chi connectivity index (χ2v) is 3.92. The van der Waals surface area contributed by atoms with E-state index in [0.29, 0.717) is 0 Å². The van der Waals surface area contributed by atoms with E-state index in [1.54, 1.807) is 19.3 Å². The Hall–Kier alpha value is -1.11. The van der Waals surface area contributed by atoms with Crippen LogP contribution in [0, 0.1) is 5.92 Å². The van der Waals surface area contributed by atoms with Gasteiger partial charge in [-0.1, -0.05) is 13.8 Å². The summed E-state index contributed by atoms with van der Waals surface area (Å²) in [5, 5.41) is 0.975. The van der Waals surface area contributed by atoms with E-state index in [0.717, 1.165) is 5.01 Å². The number of alkyl halides is 3. The Labute approximate surface area is 91.8 Å². The minimum atomic E-state index is -4.94. The zero-order valence-corrected chi connectivity index (χ0v) is 9.39. The van der Waals surface area contributed by atoms with Crippen LogP contribution in [-0.2, 0) is 9.59 Å². The van der Waals surface area contributed by atoms with E-state index in [1.807, 2.05) is 0 Å². The first-order valence-corrected chi connectivity index (χ1v) is 4.75. The molecule has 1 N–H and O–H groups in total. The zero-order chi connectivity index (χ0) is 12.9.